The molecule has 0 spiro atoms. The summed E-state index contributed by atoms with van der Waals surface area (Å²) in [6.07, 6.45) is 1.67. The number of nitrogens with one attached hydrogen (secondary N) is 1. The number of amides is 1. The lowest BCUT2D eigenvalue weighted by atomic mass is 9.96. The van der Waals surface area contributed by atoms with Crippen LogP contribution in [0.2, 0.25) is 0 Å². The molecule has 0 saturated carbocycles. The first-order valence-corrected chi connectivity index (χ1v) is 9.75. The minimum absolute atomic E-state index is 0.0662. The number of aromatic nitrogens is 2. The molecule has 142 valence electrons. The van der Waals surface area contributed by atoms with E-state index in [2.05, 4.69) is 20.4 Å². The van der Waals surface area contributed by atoms with Gasteiger partial charge >= 0.3 is 0 Å². The average Bonchev–Trinajstić information content (AvgIpc) is 2.79. The summed E-state index contributed by atoms with van der Waals surface area (Å²) in [6.45, 7) is 2.23. The lowest BCUT2D eigenvalue weighted by Gasteiger charge is -2.31. The molecule has 1 saturated heterocycles. The van der Waals surface area contributed by atoms with Crippen LogP contribution in [-0.4, -0.2) is 29.2 Å². The summed E-state index contributed by atoms with van der Waals surface area (Å²) in [6, 6.07) is 24.1. The summed E-state index contributed by atoms with van der Waals surface area (Å²) in [5.41, 5.74) is 3.07. The Morgan fingerprint density at radius 1 is 0.893 bits per heavy atom. The molecule has 1 amide bonds. The van der Waals surface area contributed by atoms with Crippen LogP contribution in [0.4, 0.5) is 5.82 Å². The number of benzene rings is 2. The van der Waals surface area contributed by atoms with Crippen molar-refractivity contribution in [1.82, 2.24) is 15.5 Å². The van der Waals surface area contributed by atoms with Crippen molar-refractivity contribution in [2.24, 2.45) is 5.92 Å². The molecule has 3 aromatic rings. The highest BCUT2D eigenvalue weighted by Gasteiger charge is 2.25. The Bertz CT molecular complexity index is 889. The van der Waals surface area contributed by atoms with Gasteiger partial charge in [0.25, 0.3) is 0 Å². The highest BCUT2D eigenvalue weighted by atomic mass is 16.1. The molecule has 0 atom stereocenters. The second kappa shape index (κ2) is 8.65. The van der Waals surface area contributed by atoms with Gasteiger partial charge in [-0.05, 0) is 30.5 Å². The Kier molecular flexibility index (Phi) is 5.61. The molecule has 0 radical (unpaired) electrons. The van der Waals surface area contributed by atoms with E-state index in [1.807, 2.05) is 72.8 Å². The first-order chi connectivity index (χ1) is 13.8. The van der Waals surface area contributed by atoms with Gasteiger partial charge in [-0.15, -0.1) is 10.2 Å². The van der Waals surface area contributed by atoms with Crippen LogP contribution in [0.3, 0.4) is 0 Å². The van der Waals surface area contributed by atoms with Gasteiger partial charge in [0.1, 0.15) is 0 Å². The SMILES string of the molecule is O=C(NCc1ccccc1)C1CCN(c2ccc(-c3ccccc3)nn2)CC1. The van der Waals surface area contributed by atoms with Gasteiger partial charge in [0.2, 0.25) is 5.91 Å². The van der Waals surface area contributed by atoms with Crippen molar-refractivity contribution in [2.75, 3.05) is 18.0 Å². The zero-order valence-electron chi connectivity index (χ0n) is 15.8. The van der Waals surface area contributed by atoms with E-state index >= 15 is 0 Å². The molecule has 4 rings (SSSR count). The third-order valence-corrected chi connectivity index (χ3v) is 5.22. The fourth-order valence-electron chi connectivity index (χ4n) is 3.56. The molecular formula is C23H24N4O. The van der Waals surface area contributed by atoms with Gasteiger partial charge in [0, 0.05) is 31.1 Å². The fourth-order valence-corrected chi connectivity index (χ4v) is 3.56. The van der Waals surface area contributed by atoms with Crippen molar-refractivity contribution >= 4 is 11.7 Å². The van der Waals surface area contributed by atoms with Crippen LogP contribution in [0.1, 0.15) is 18.4 Å². The van der Waals surface area contributed by atoms with E-state index in [1.54, 1.807) is 0 Å². The molecule has 28 heavy (non-hydrogen) atoms. The summed E-state index contributed by atoms with van der Waals surface area (Å²) in [7, 11) is 0. The lowest BCUT2D eigenvalue weighted by molar-refractivity contribution is -0.125. The van der Waals surface area contributed by atoms with Gasteiger partial charge < -0.3 is 10.2 Å². The zero-order valence-corrected chi connectivity index (χ0v) is 15.8. The maximum absolute atomic E-state index is 12.5. The summed E-state index contributed by atoms with van der Waals surface area (Å²) >= 11 is 0. The molecular weight excluding hydrogens is 348 g/mol. The van der Waals surface area contributed by atoms with Gasteiger partial charge in [-0.3, -0.25) is 4.79 Å². The number of carbonyl (C=O) groups excluding carboxylic acids is 1. The van der Waals surface area contributed by atoms with Crippen LogP contribution < -0.4 is 10.2 Å². The minimum Gasteiger partial charge on any atom is -0.355 e. The third-order valence-electron chi connectivity index (χ3n) is 5.22. The molecule has 2 heterocycles. The van der Waals surface area contributed by atoms with Gasteiger partial charge in [-0.2, -0.15) is 0 Å². The van der Waals surface area contributed by atoms with E-state index in [0.29, 0.717) is 6.54 Å². The maximum Gasteiger partial charge on any atom is 0.223 e. The predicted octanol–water partition coefficient (Wildman–Crippen LogP) is 3.68. The Morgan fingerprint density at radius 2 is 1.57 bits per heavy atom. The zero-order chi connectivity index (χ0) is 19.2. The molecule has 5 heteroatoms. The van der Waals surface area contributed by atoms with Crippen LogP contribution in [0, 0.1) is 5.92 Å². The van der Waals surface area contributed by atoms with E-state index in [4.69, 9.17) is 0 Å². The number of rotatable bonds is 5. The molecule has 1 aliphatic heterocycles. The van der Waals surface area contributed by atoms with E-state index in [1.165, 1.54) is 0 Å². The van der Waals surface area contributed by atoms with E-state index in [-0.39, 0.29) is 11.8 Å². The largest absolute Gasteiger partial charge is 0.355 e. The van der Waals surface area contributed by atoms with Crippen LogP contribution in [0.25, 0.3) is 11.3 Å². The van der Waals surface area contributed by atoms with Crippen molar-refractivity contribution in [3.05, 3.63) is 78.4 Å². The Balaban J connectivity index is 1.29. The van der Waals surface area contributed by atoms with Crippen LogP contribution in [0.15, 0.2) is 72.8 Å². The van der Waals surface area contributed by atoms with E-state index in [9.17, 15) is 4.79 Å². The minimum atomic E-state index is 0.0662. The standard InChI is InChI=1S/C23H24N4O/c28-23(24-17-18-7-3-1-4-8-18)20-13-15-27(16-14-20)22-12-11-21(25-26-22)19-9-5-2-6-10-19/h1-12,20H,13-17H2,(H,24,28). The first-order valence-electron chi connectivity index (χ1n) is 9.75. The van der Waals surface area contributed by atoms with Crippen LogP contribution in [-0.2, 0) is 11.3 Å². The highest BCUT2D eigenvalue weighted by Crippen LogP contribution is 2.23. The number of piperidine rings is 1. The summed E-state index contributed by atoms with van der Waals surface area (Å²) in [4.78, 5) is 14.7. The van der Waals surface area contributed by atoms with E-state index < -0.39 is 0 Å². The predicted molar refractivity (Wildman–Crippen MR) is 111 cm³/mol. The highest BCUT2D eigenvalue weighted by molar-refractivity contribution is 5.79. The van der Waals surface area contributed by atoms with Crippen molar-refractivity contribution in [1.29, 1.82) is 0 Å². The first kappa shape index (κ1) is 18.2. The molecule has 1 fully saturated rings. The number of hydrogen-bond acceptors (Lipinski definition) is 4. The van der Waals surface area contributed by atoms with Crippen molar-refractivity contribution in [3.8, 4) is 11.3 Å². The van der Waals surface area contributed by atoms with Gasteiger partial charge in [0.15, 0.2) is 5.82 Å². The third kappa shape index (κ3) is 4.36. The van der Waals surface area contributed by atoms with Gasteiger partial charge in [-0.25, -0.2) is 0 Å². The van der Waals surface area contributed by atoms with Gasteiger partial charge in [-0.1, -0.05) is 60.7 Å². The molecule has 0 unspecified atom stereocenters. The topological polar surface area (TPSA) is 58.1 Å². The van der Waals surface area contributed by atoms with Gasteiger partial charge in [0.05, 0.1) is 5.69 Å². The number of carbonyl (C=O) groups is 1. The normalized spacial score (nSPS) is 14.6. The van der Waals surface area contributed by atoms with Crippen molar-refractivity contribution < 1.29 is 4.79 Å². The average molecular weight is 372 g/mol. The number of anilines is 1. The second-order valence-corrected chi connectivity index (χ2v) is 7.11. The Morgan fingerprint density at radius 3 is 2.21 bits per heavy atom. The molecule has 0 aliphatic carbocycles. The molecule has 5 nitrogen and oxygen atoms in total. The van der Waals surface area contributed by atoms with Crippen molar-refractivity contribution in [2.45, 2.75) is 19.4 Å². The maximum atomic E-state index is 12.5. The smallest absolute Gasteiger partial charge is 0.223 e. The molecule has 2 aromatic carbocycles. The molecule has 0 bridgehead atoms. The summed E-state index contributed by atoms with van der Waals surface area (Å²) in [5.74, 6) is 1.09. The summed E-state index contributed by atoms with van der Waals surface area (Å²) < 4.78 is 0. The molecule has 1 aromatic heterocycles. The summed E-state index contributed by atoms with van der Waals surface area (Å²) in [5, 5.41) is 11.8. The van der Waals surface area contributed by atoms with Crippen molar-refractivity contribution in [3.63, 3.8) is 0 Å². The Labute approximate surface area is 165 Å². The number of nitrogens with zero attached hydrogens (tertiary/aromatic N) is 3. The quantitative estimate of drug-likeness (QED) is 0.742. The van der Waals surface area contributed by atoms with Crippen LogP contribution in [0.5, 0.6) is 0 Å². The Hall–Kier alpha value is -3.21. The molecule has 1 aliphatic rings. The second-order valence-electron chi connectivity index (χ2n) is 7.11. The molecule has 1 N–H and O–H groups in total. The monoisotopic (exact) mass is 372 g/mol. The van der Waals surface area contributed by atoms with Crippen LogP contribution >= 0.6 is 0 Å². The fraction of sp³-hybridized carbons (Fsp3) is 0.261. The number of hydrogen-bond donors (Lipinski definition) is 1. The van der Waals surface area contributed by atoms with E-state index in [0.717, 1.165) is 48.6 Å². The lowest BCUT2D eigenvalue weighted by Crippen LogP contribution is -2.40.